The third kappa shape index (κ3) is 6.72. The molecule has 4 aromatic rings. The Morgan fingerprint density at radius 1 is 1.23 bits per heavy atom. The van der Waals surface area contributed by atoms with Crippen molar-refractivity contribution in [3.8, 4) is 0 Å². The number of hydrogen-bond donors (Lipinski definition) is 3. The van der Waals surface area contributed by atoms with Gasteiger partial charge in [-0.25, -0.2) is 19.0 Å². The number of carboxylic acid groups (broad SMARTS) is 1. The molecule has 15 heteroatoms. The summed E-state index contributed by atoms with van der Waals surface area (Å²) in [6.45, 7) is 5.49. The highest BCUT2D eigenvalue weighted by Gasteiger charge is 2.34. The van der Waals surface area contributed by atoms with Gasteiger partial charge in [-0.15, -0.1) is 0 Å². The molecule has 0 saturated heterocycles. The predicted octanol–water partition coefficient (Wildman–Crippen LogP) is 4.19. The number of rotatable bonds is 7. The van der Waals surface area contributed by atoms with Crippen LogP contribution in [0.5, 0.6) is 0 Å². The monoisotopic (exact) mass is 614 g/mol. The SMILES string of the molecule is C=CCOC(=O)c1ccc2c(c1C)CC[C@@H]2NC(=O)c1cc(C(=O)O)nc2ncnn12.NCc1ccc(F)c(C(F)(F)F)c1. The van der Waals surface area contributed by atoms with Gasteiger partial charge in [0, 0.05) is 12.6 Å². The number of nitrogens with one attached hydrogen (secondary N) is 1. The molecule has 230 valence electrons. The molecule has 11 nitrogen and oxygen atoms in total. The van der Waals surface area contributed by atoms with Crippen LogP contribution in [0.15, 0.2) is 55.4 Å². The number of carboxylic acids is 1. The number of aromatic nitrogens is 4. The number of nitrogens with two attached hydrogens (primary N) is 1. The van der Waals surface area contributed by atoms with E-state index in [9.17, 15) is 37.1 Å². The molecule has 1 aliphatic carbocycles. The molecule has 0 aliphatic heterocycles. The van der Waals surface area contributed by atoms with Gasteiger partial charge in [-0.2, -0.15) is 27.8 Å². The molecule has 0 fully saturated rings. The number of carbonyl (C=O) groups excluding carboxylic acids is 2. The first-order valence-electron chi connectivity index (χ1n) is 13.1. The largest absolute Gasteiger partial charge is 0.477 e. The van der Waals surface area contributed by atoms with E-state index in [-0.39, 0.29) is 41.9 Å². The second kappa shape index (κ2) is 13.0. The Balaban J connectivity index is 0.000000285. The van der Waals surface area contributed by atoms with Crippen molar-refractivity contribution >= 4 is 23.6 Å². The van der Waals surface area contributed by atoms with Gasteiger partial charge in [0.1, 0.15) is 24.4 Å². The lowest BCUT2D eigenvalue weighted by Gasteiger charge is -2.16. The van der Waals surface area contributed by atoms with Crippen molar-refractivity contribution in [2.24, 2.45) is 5.73 Å². The molecule has 0 unspecified atom stereocenters. The molecule has 5 rings (SSSR count). The van der Waals surface area contributed by atoms with Gasteiger partial charge in [0.25, 0.3) is 11.7 Å². The maximum atomic E-state index is 13.0. The number of benzene rings is 2. The van der Waals surface area contributed by atoms with E-state index in [1.54, 1.807) is 6.07 Å². The number of ether oxygens (including phenoxy) is 1. The van der Waals surface area contributed by atoms with Gasteiger partial charge in [0.2, 0.25) is 0 Å². The van der Waals surface area contributed by atoms with Crippen molar-refractivity contribution in [1.82, 2.24) is 24.9 Å². The summed E-state index contributed by atoms with van der Waals surface area (Å²) in [7, 11) is 0. The van der Waals surface area contributed by atoms with Crippen LogP contribution in [-0.4, -0.2) is 49.1 Å². The average molecular weight is 615 g/mol. The van der Waals surface area contributed by atoms with Crippen LogP contribution in [0.1, 0.15) is 71.6 Å². The number of fused-ring (bicyclic) bond motifs is 2. The summed E-state index contributed by atoms with van der Waals surface area (Å²) in [5.74, 6) is -3.43. The van der Waals surface area contributed by atoms with Crippen molar-refractivity contribution < 1.29 is 41.8 Å². The van der Waals surface area contributed by atoms with Crippen LogP contribution in [0.3, 0.4) is 0 Å². The molecule has 1 atom stereocenters. The first-order chi connectivity index (χ1) is 20.8. The van der Waals surface area contributed by atoms with E-state index in [1.807, 2.05) is 13.0 Å². The maximum Gasteiger partial charge on any atom is 0.419 e. The van der Waals surface area contributed by atoms with Crippen LogP contribution in [0, 0.1) is 12.7 Å². The molecular weight excluding hydrogens is 588 g/mol. The first-order valence-corrected chi connectivity index (χ1v) is 13.1. The molecule has 1 aliphatic rings. The van der Waals surface area contributed by atoms with Gasteiger partial charge in [-0.1, -0.05) is 24.8 Å². The van der Waals surface area contributed by atoms with Crippen LogP contribution in [-0.2, 0) is 23.9 Å². The fourth-order valence-corrected chi connectivity index (χ4v) is 4.70. The Hall–Kier alpha value is -5.18. The van der Waals surface area contributed by atoms with E-state index < -0.39 is 35.4 Å². The van der Waals surface area contributed by atoms with Gasteiger partial charge in [0.15, 0.2) is 5.69 Å². The predicted molar refractivity (Wildman–Crippen MR) is 147 cm³/mol. The van der Waals surface area contributed by atoms with E-state index in [0.717, 1.165) is 28.8 Å². The van der Waals surface area contributed by atoms with Gasteiger partial charge in [0.05, 0.1) is 17.2 Å². The van der Waals surface area contributed by atoms with Crippen LogP contribution < -0.4 is 11.1 Å². The van der Waals surface area contributed by atoms with Crippen molar-refractivity contribution in [3.05, 3.63) is 106 Å². The van der Waals surface area contributed by atoms with Crippen LogP contribution in [0.2, 0.25) is 0 Å². The molecule has 2 heterocycles. The fourth-order valence-electron chi connectivity index (χ4n) is 4.70. The van der Waals surface area contributed by atoms with Crippen LogP contribution in [0.25, 0.3) is 5.78 Å². The summed E-state index contributed by atoms with van der Waals surface area (Å²) < 4.78 is 55.2. The van der Waals surface area contributed by atoms with Crippen molar-refractivity contribution in [1.29, 1.82) is 0 Å². The number of aromatic carboxylic acids is 1. The highest BCUT2D eigenvalue weighted by atomic mass is 19.4. The summed E-state index contributed by atoms with van der Waals surface area (Å²) in [4.78, 5) is 44.3. The molecule has 0 spiro atoms. The van der Waals surface area contributed by atoms with E-state index in [2.05, 4.69) is 27.0 Å². The van der Waals surface area contributed by atoms with E-state index in [0.29, 0.717) is 18.4 Å². The summed E-state index contributed by atoms with van der Waals surface area (Å²) >= 11 is 0. The lowest BCUT2D eigenvalue weighted by Crippen LogP contribution is -2.29. The number of nitrogens with zero attached hydrogens (tertiary/aromatic N) is 4. The zero-order chi connectivity index (χ0) is 32.2. The highest BCUT2D eigenvalue weighted by Crippen LogP contribution is 2.35. The molecule has 2 aromatic heterocycles. The Kier molecular flexibility index (Phi) is 9.37. The topological polar surface area (TPSA) is 162 Å². The number of halogens is 4. The minimum Gasteiger partial charge on any atom is -0.477 e. The second-order valence-corrected chi connectivity index (χ2v) is 9.58. The first kappa shape index (κ1) is 31.7. The summed E-state index contributed by atoms with van der Waals surface area (Å²) in [6, 6.07) is 7.09. The molecule has 1 amide bonds. The normalized spacial score (nSPS) is 13.9. The summed E-state index contributed by atoms with van der Waals surface area (Å²) in [5.41, 5.74) is 7.04. The molecule has 2 aromatic carbocycles. The zero-order valence-electron chi connectivity index (χ0n) is 23.2. The van der Waals surface area contributed by atoms with Gasteiger partial charge in [-0.3, -0.25) is 4.79 Å². The van der Waals surface area contributed by atoms with Crippen molar-refractivity contribution in [2.45, 2.75) is 38.5 Å². The standard InChI is InChI=1S/C21H19N5O5.C8H7F4N/c1-3-8-31-20(30)13-4-5-14-12(11(13)2)6-7-15(14)24-18(27)17-9-16(19(28)29)25-21-22-10-23-26(17)21;9-7-2-1-5(4-13)3-6(7)8(10,11)12/h3-5,9-10,15H,1,6-8H2,2H3,(H,24,27)(H,28,29);1-3H,4,13H2/t15-;/m0./s1. The second-order valence-electron chi connectivity index (χ2n) is 9.58. The lowest BCUT2D eigenvalue weighted by molar-refractivity contribution is -0.140. The number of alkyl halides is 3. The Morgan fingerprint density at radius 2 is 1.98 bits per heavy atom. The maximum absolute atomic E-state index is 13.0. The van der Waals surface area contributed by atoms with Crippen LogP contribution in [0.4, 0.5) is 17.6 Å². The highest BCUT2D eigenvalue weighted by molar-refractivity contribution is 5.96. The molecule has 44 heavy (non-hydrogen) atoms. The molecular formula is C29H26F4N6O5. The lowest BCUT2D eigenvalue weighted by atomic mass is 9.98. The minimum atomic E-state index is -4.66. The number of hydrogen-bond acceptors (Lipinski definition) is 8. The molecule has 0 bridgehead atoms. The van der Waals surface area contributed by atoms with Gasteiger partial charge < -0.3 is 20.9 Å². The van der Waals surface area contributed by atoms with E-state index in [4.69, 9.17) is 10.5 Å². The van der Waals surface area contributed by atoms with E-state index in [1.165, 1.54) is 29.1 Å². The minimum absolute atomic E-state index is 0.0229. The van der Waals surface area contributed by atoms with Gasteiger partial charge >= 0.3 is 18.1 Å². The Bertz CT molecular complexity index is 1750. The Morgan fingerprint density at radius 3 is 2.64 bits per heavy atom. The van der Waals surface area contributed by atoms with Crippen molar-refractivity contribution in [3.63, 3.8) is 0 Å². The number of amides is 1. The Labute approximate surface area is 247 Å². The summed E-state index contributed by atoms with van der Waals surface area (Å²) in [6.07, 6.45) is -0.622. The van der Waals surface area contributed by atoms with Gasteiger partial charge in [-0.05, 0) is 60.2 Å². The third-order valence-electron chi connectivity index (χ3n) is 6.83. The number of esters is 1. The smallest absolute Gasteiger partial charge is 0.419 e. The summed E-state index contributed by atoms with van der Waals surface area (Å²) in [5, 5.41) is 16.2. The average Bonchev–Trinajstić information content (AvgIpc) is 3.63. The fraction of sp³-hybridized carbons (Fsp3) is 0.241. The third-order valence-corrected chi connectivity index (χ3v) is 6.83. The van der Waals surface area contributed by atoms with Crippen molar-refractivity contribution in [2.75, 3.05) is 6.61 Å². The quantitative estimate of drug-likeness (QED) is 0.157. The molecule has 0 saturated carbocycles. The zero-order valence-corrected chi connectivity index (χ0v) is 23.2. The van der Waals surface area contributed by atoms with E-state index >= 15 is 0 Å². The van der Waals surface area contributed by atoms with Crippen LogP contribution >= 0.6 is 0 Å². The molecule has 4 N–H and O–H groups in total. The number of carbonyl (C=O) groups is 3. The molecule has 0 radical (unpaired) electrons.